The zero-order chi connectivity index (χ0) is 12.3. The van der Waals surface area contributed by atoms with Crippen molar-refractivity contribution < 1.29 is 4.42 Å². The maximum absolute atomic E-state index is 11.6. The van der Waals surface area contributed by atoms with Gasteiger partial charge in [-0.15, -0.1) is 5.10 Å². The molecule has 0 bridgehead atoms. The van der Waals surface area contributed by atoms with Gasteiger partial charge in [-0.2, -0.15) is 4.68 Å². The molecule has 0 spiro atoms. The molecule has 0 saturated heterocycles. The molecule has 5 heteroatoms. The number of hydrogen-bond donors (Lipinski definition) is 0. The first-order chi connectivity index (χ1) is 8.20. The summed E-state index contributed by atoms with van der Waals surface area (Å²) in [6.45, 7) is 2.09. The Morgan fingerprint density at radius 2 is 2.06 bits per heavy atom. The first-order valence-corrected chi connectivity index (χ1v) is 6.35. The van der Waals surface area contributed by atoms with Gasteiger partial charge in [-0.1, -0.05) is 29.3 Å². The Morgan fingerprint density at radius 3 is 2.71 bits per heavy atom. The van der Waals surface area contributed by atoms with Crippen LogP contribution in [0.3, 0.4) is 0 Å². The van der Waals surface area contributed by atoms with Crippen molar-refractivity contribution in [3.05, 3.63) is 45.2 Å². The van der Waals surface area contributed by atoms with Crippen molar-refractivity contribution in [2.45, 2.75) is 26.2 Å². The summed E-state index contributed by atoms with van der Waals surface area (Å²) in [6.07, 6.45) is 2.73. The number of halogens is 1. The highest BCUT2D eigenvalue weighted by Crippen LogP contribution is 2.12. The Hall–Kier alpha value is -1.36. The zero-order valence-corrected chi connectivity index (χ0v) is 11.1. The van der Waals surface area contributed by atoms with E-state index in [4.69, 9.17) is 4.42 Å². The van der Waals surface area contributed by atoms with Gasteiger partial charge >= 0.3 is 5.76 Å². The van der Waals surface area contributed by atoms with Gasteiger partial charge in [-0.05, 0) is 30.7 Å². The summed E-state index contributed by atoms with van der Waals surface area (Å²) in [6, 6.07) is 7.36. The third-order valence-corrected chi connectivity index (χ3v) is 2.93. The molecule has 1 heterocycles. The quantitative estimate of drug-likeness (QED) is 0.871. The number of benzene rings is 1. The van der Waals surface area contributed by atoms with Crippen LogP contribution in [0.1, 0.15) is 25.7 Å². The molecule has 90 valence electrons. The molecule has 0 saturated carbocycles. The van der Waals surface area contributed by atoms with Gasteiger partial charge in [0.25, 0.3) is 0 Å². The average molecular weight is 297 g/mol. The predicted octanol–water partition coefficient (Wildman–Crippen LogP) is 2.93. The Bertz CT molecular complexity index is 542. The highest BCUT2D eigenvalue weighted by Gasteiger charge is 2.08. The molecule has 0 aliphatic rings. The molecule has 0 radical (unpaired) electrons. The van der Waals surface area contributed by atoms with Crippen molar-refractivity contribution in [2.75, 3.05) is 0 Å². The van der Waals surface area contributed by atoms with Crippen LogP contribution in [0.4, 0.5) is 0 Å². The lowest BCUT2D eigenvalue weighted by Gasteiger charge is -1.97. The Morgan fingerprint density at radius 1 is 1.35 bits per heavy atom. The molecule has 0 amide bonds. The molecule has 0 aliphatic carbocycles. The van der Waals surface area contributed by atoms with Crippen molar-refractivity contribution in [1.29, 1.82) is 0 Å². The summed E-state index contributed by atoms with van der Waals surface area (Å²) in [7, 11) is 0. The van der Waals surface area contributed by atoms with Crippen LogP contribution in [0.2, 0.25) is 0 Å². The van der Waals surface area contributed by atoms with E-state index in [2.05, 4.69) is 28.0 Å². The van der Waals surface area contributed by atoms with Gasteiger partial charge in [0, 0.05) is 10.9 Å². The van der Waals surface area contributed by atoms with Crippen LogP contribution < -0.4 is 5.76 Å². The van der Waals surface area contributed by atoms with Gasteiger partial charge in [0.2, 0.25) is 5.89 Å². The Kier molecular flexibility index (Phi) is 3.78. The van der Waals surface area contributed by atoms with Crippen molar-refractivity contribution in [1.82, 2.24) is 9.78 Å². The van der Waals surface area contributed by atoms with Gasteiger partial charge in [0.15, 0.2) is 0 Å². The van der Waals surface area contributed by atoms with E-state index in [-0.39, 0.29) is 0 Å². The highest BCUT2D eigenvalue weighted by molar-refractivity contribution is 9.10. The van der Waals surface area contributed by atoms with Gasteiger partial charge in [-0.3, -0.25) is 0 Å². The largest absolute Gasteiger partial charge is 0.441 e. The smallest absolute Gasteiger partial charge is 0.392 e. The fourth-order valence-corrected chi connectivity index (χ4v) is 1.76. The highest BCUT2D eigenvalue weighted by atomic mass is 79.9. The molecule has 1 aromatic carbocycles. The zero-order valence-electron chi connectivity index (χ0n) is 9.52. The minimum Gasteiger partial charge on any atom is -0.392 e. The van der Waals surface area contributed by atoms with Crippen LogP contribution in [-0.4, -0.2) is 9.78 Å². The van der Waals surface area contributed by atoms with E-state index in [1.165, 1.54) is 4.68 Å². The van der Waals surface area contributed by atoms with E-state index < -0.39 is 5.76 Å². The lowest BCUT2D eigenvalue weighted by Crippen LogP contribution is -2.13. The molecule has 1 aromatic heterocycles. The minimum absolute atomic E-state index is 0.432. The third-order valence-electron chi connectivity index (χ3n) is 2.40. The van der Waals surface area contributed by atoms with Crippen molar-refractivity contribution in [2.24, 2.45) is 0 Å². The maximum atomic E-state index is 11.6. The fraction of sp³-hybridized carbons (Fsp3) is 0.333. The van der Waals surface area contributed by atoms with E-state index in [0.717, 1.165) is 17.3 Å². The summed E-state index contributed by atoms with van der Waals surface area (Å²) in [4.78, 5) is 11.6. The van der Waals surface area contributed by atoms with E-state index in [0.29, 0.717) is 18.0 Å². The Balaban J connectivity index is 2.29. The SMILES string of the molecule is CCCCc1nn(-c2ccc(Br)cc2)c(=O)o1. The molecule has 0 fully saturated rings. The molecule has 17 heavy (non-hydrogen) atoms. The van der Waals surface area contributed by atoms with Crippen molar-refractivity contribution >= 4 is 15.9 Å². The summed E-state index contributed by atoms with van der Waals surface area (Å²) in [5, 5.41) is 4.17. The number of rotatable bonds is 4. The topological polar surface area (TPSA) is 48.0 Å². The molecule has 0 N–H and O–H groups in total. The molecular formula is C12H13BrN2O2. The predicted molar refractivity (Wildman–Crippen MR) is 68.4 cm³/mol. The average Bonchev–Trinajstić information content (AvgIpc) is 2.69. The van der Waals surface area contributed by atoms with E-state index in [1.54, 1.807) is 0 Å². The lowest BCUT2D eigenvalue weighted by atomic mass is 10.2. The van der Waals surface area contributed by atoms with Crippen LogP contribution in [0, 0.1) is 0 Å². The molecule has 2 rings (SSSR count). The second kappa shape index (κ2) is 5.31. The molecule has 0 atom stereocenters. The van der Waals surface area contributed by atoms with Crippen LogP contribution in [-0.2, 0) is 6.42 Å². The summed E-state index contributed by atoms with van der Waals surface area (Å²) >= 11 is 3.34. The number of aromatic nitrogens is 2. The summed E-state index contributed by atoms with van der Waals surface area (Å²) < 4.78 is 7.34. The first kappa shape index (κ1) is 12.1. The Labute approximate surface area is 107 Å². The van der Waals surface area contributed by atoms with Gasteiger partial charge in [-0.25, -0.2) is 4.79 Å². The van der Waals surface area contributed by atoms with Crippen LogP contribution in [0.5, 0.6) is 0 Å². The second-order valence-corrected chi connectivity index (χ2v) is 4.67. The van der Waals surface area contributed by atoms with Crippen LogP contribution in [0.25, 0.3) is 5.69 Å². The molecule has 4 nitrogen and oxygen atoms in total. The molecular weight excluding hydrogens is 284 g/mol. The van der Waals surface area contributed by atoms with Crippen molar-refractivity contribution in [3.8, 4) is 5.69 Å². The normalized spacial score (nSPS) is 10.7. The van der Waals surface area contributed by atoms with E-state index in [9.17, 15) is 4.79 Å². The second-order valence-electron chi connectivity index (χ2n) is 3.75. The summed E-state index contributed by atoms with van der Waals surface area (Å²) in [5.74, 6) is 0.0678. The van der Waals surface area contributed by atoms with E-state index >= 15 is 0 Å². The van der Waals surface area contributed by atoms with Crippen LogP contribution >= 0.6 is 15.9 Å². The first-order valence-electron chi connectivity index (χ1n) is 5.55. The molecule has 0 unspecified atom stereocenters. The lowest BCUT2D eigenvalue weighted by molar-refractivity contribution is 0.452. The number of aryl methyl sites for hydroxylation is 1. The summed E-state index contributed by atoms with van der Waals surface area (Å²) in [5.41, 5.74) is 0.713. The molecule has 0 aliphatic heterocycles. The van der Waals surface area contributed by atoms with Gasteiger partial charge in [0.1, 0.15) is 0 Å². The maximum Gasteiger partial charge on any atom is 0.441 e. The monoisotopic (exact) mass is 296 g/mol. The number of hydrogen-bond acceptors (Lipinski definition) is 3. The fourth-order valence-electron chi connectivity index (χ4n) is 1.49. The van der Waals surface area contributed by atoms with Gasteiger partial charge < -0.3 is 4.42 Å². The van der Waals surface area contributed by atoms with E-state index in [1.807, 2.05) is 24.3 Å². The van der Waals surface area contributed by atoms with Gasteiger partial charge in [0.05, 0.1) is 5.69 Å². The van der Waals surface area contributed by atoms with Crippen molar-refractivity contribution in [3.63, 3.8) is 0 Å². The standard InChI is InChI=1S/C12H13BrN2O2/c1-2-3-4-11-14-15(12(16)17-11)10-7-5-9(13)6-8-10/h5-8H,2-4H2,1H3. The number of unbranched alkanes of at least 4 members (excludes halogenated alkanes) is 1. The minimum atomic E-state index is -0.432. The third kappa shape index (κ3) is 2.85. The van der Waals surface area contributed by atoms with Crippen LogP contribution in [0.15, 0.2) is 37.9 Å². The number of nitrogens with zero attached hydrogens (tertiary/aromatic N) is 2. The molecule has 2 aromatic rings.